The summed E-state index contributed by atoms with van der Waals surface area (Å²) in [5.41, 5.74) is 0.550. The molecule has 1 heterocycles. The topological polar surface area (TPSA) is 29.5 Å². The van der Waals surface area contributed by atoms with Crippen molar-refractivity contribution in [3.8, 4) is 0 Å². The van der Waals surface area contributed by atoms with Crippen LogP contribution in [0.5, 0.6) is 0 Å². The first-order chi connectivity index (χ1) is 12.8. The summed E-state index contributed by atoms with van der Waals surface area (Å²) in [6, 6.07) is 12.2. The summed E-state index contributed by atoms with van der Waals surface area (Å²) in [5.74, 6) is -0.263. The van der Waals surface area contributed by atoms with Gasteiger partial charge in [0.2, 0.25) is 0 Å². The number of piperidine rings is 1. The zero-order valence-corrected chi connectivity index (χ0v) is 16.1. The maximum Gasteiger partial charge on any atom is 0.416 e. The van der Waals surface area contributed by atoms with E-state index < -0.39 is 11.7 Å². The molecular weight excluding hydrogens is 423 g/mol. The SMILES string of the molecule is O=C(c1ccc(C(F)(F)F)cc1)N1CCC[C@H](OCc2ccc(Br)cc2)C1. The molecule has 1 fully saturated rings. The highest BCUT2D eigenvalue weighted by Gasteiger charge is 2.31. The minimum atomic E-state index is -4.40. The number of nitrogens with zero attached hydrogens (tertiary/aromatic N) is 1. The molecule has 2 aromatic carbocycles. The lowest BCUT2D eigenvalue weighted by Gasteiger charge is -2.32. The zero-order chi connectivity index (χ0) is 19.4. The van der Waals surface area contributed by atoms with Gasteiger partial charge >= 0.3 is 6.18 Å². The molecule has 27 heavy (non-hydrogen) atoms. The van der Waals surface area contributed by atoms with E-state index in [0.717, 1.165) is 35.0 Å². The third kappa shape index (κ3) is 5.32. The summed E-state index contributed by atoms with van der Waals surface area (Å²) in [5, 5.41) is 0. The van der Waals surface area contributed by atoms with Crippen LogP contribution in [0.25, 0.3) is 0 Å². The Morgan fingerprint density at radius 2 is 1.78 bits per heavy atom. The van der Waals surface area contributed by atoms with Crippen LogP contribution in [-0.4, -0.2) is 30.0 Å². The van der Waals surface area contributed by atoms with Crippen LogP contribution in [0.4, 0.5) is 13.2 Å². The smallest absolute Gasteiger partial charge is 0.372 e. The molecule has 3 rings (SSSR count). The average molecular weight is 442 g/mol. The highest BCUT2D eigenvalue weighted by molar-refractivity contribution is 9.10. The van der Waals surface area contributed by atoms with Gasteiger partial charge in [0.05, 0.1) is 18.3 Å². The summed E-state index contributed by atoms with van der Waals surface area (Å²) in [6.45, 7) is 1.48. The number of ether oxygens (including phenoxy) is 1. The average Bonchev–Trinajstić information content (AvgIpc) is 2.67. The number of amides is 1. The van der Waals surface area contributed by atoms with Gasteiger partial charge in [0.15, 0.2) is 0 Å². The molecule has 0 radical (unpaired) electrons. The molecule has 0 N–H and O–H groups in total. The summed E-state index contributed by atoms with van der Waals surface area (Å²) < 4.78 is 44.9. The maximum atomic E-state index is 12.7. The molecule has 1 amide bonds. The van der Waals surface area contributed by atoms with E-state index >= 15 is 0 Å². The molecule has 0 bridgehead atoms. The lowest BCUT2D eigenvalue weighted by molar-refractivity contribution is -0.137. The van der Waals surface area contributed by atoms with Crippen LogP contribution in [-0.2, 0) is 17.5 Å². The molecule has 3 nitrogen and oxygen atoms in total. The van der Waals surface area contributed by atoms with Crippen LogP contribution < -0.4 is 0 Å². The summed E-state index contributed by atoms with van der Waals surface area (Å²) in [4.78, 5) is 14.3. The van der Waals surface area contributed by atoms with Crippen molar-refractivity contribution < 1.29 is 22.7 Å². The van der Waals surface area contributed by atoms with Crippen LogP contribution in [0.3, 0.4) is 0 Å². The normalized spacial score (nSPS) is 17.8. The molecule has 0 unspecified atom stereocenters. The van der Waals surface area contributed by atoms with Crippen molar-refractivity contribution in [3.63, 3.8) is 0 Å². The fourth-order valence-electron chi connectivity index (χ4n) is 3.04. The van der Waals surface area contributed by atoms with Crippen LogP contribution >= 0.6 is 15.9 Å². The van der Waals surface area contributed by atoms with Gasteiger partial charge in [-0.1, -0.05) is 28.1 Å². The molecule has 1 saturated heterocycles. The second-order valence-electron chi connectivity index (χ2n) is 6.53. The molecule has 7 heteroatoms. The van der Waals surface area contributed by atoms with E-state index in [2.05, 4.69) is 15.9 Å². The van der Waals surface area contributed by atoms with Crippen LogP contribution in [0.15, 0.2) is 53.0 Å². The van der Waals surface area contributed by atoms with Crippen molar-refractivity contribution in [1.29, 1.82) is 0 Å². The molecule has 0 aliphatic carbocycles. The number of likely N-dealkylation sites (tertiary alicyclic amines) is 1. The van der Waals surface area contributed by atoms with Gasteiger partial charge in [-0.05, 0) is 54.8 Å². The Hall–Kier alpha value is -1.86. The Morgan fingerprint density at radius 1 is 1.11 bits per heavy atom. The van der Waals surface area contributed by atoms with Crippen molar-refractivity contribution >= 4 is 21.8 Å². The molecule has 0 aromatic heterocycles. The van der Waals surface area contributed by atoms with E-state index in [9.17, 15) is 18.0 Å². The largest absolute Gasteiger partial charge is 0.416 e. The van der Waals surface area contributed by atoms with Crippen LogP contribution in [0.1, 0.15) is 34.3 Å². The standard InChI is InChI=1S/C20H19BrF3NO2/c21-17-9-3-14(4-10-17)13-27-18-2-1-11-25(12-18)19(26)15-5-7-16(8-6-15)20(22,23)24/h3-10,18H,1-2,11-13H2/t18-/m0/s1. The minimum absolute atomic E-state index is 0.0826. The van der Waals surface area contributed by atoms with E-state index in [1.807, 2.05) is 24.3 Å². The molecular formula is C20H19BrF3NO2. The van der Waals surface area contributed by atoms with Gasteiger partial charge in [0.25, 0.3) is 5.91 Å². The second-order valence-corrected chi connectivity index (χ2v) is 7.44. The predicted octanol–water partition coefficient (Wildman–Crippen LogP) is 5.29. The molecule has 0 saturated carbocycles. The molecule has 1 aliphatic heterocycles. The Bertz CT molecular complexity index is 775. The van der Waals surface area contributed by atoms with E-state index in [1.54, 1.807) is 4.90 Å². The first kappa shape index (κ1) is 19.9. The Kier molecular flexibility index (Phi) is 6.22. The highest BCUT2D eigenvalue weighted by atomic mass is 79.9. The van der Waals surface area contributed by atoms with Gasteiger partial charge in [0, 0.05) is 23.1 Å². The molecule has 1 aliphatic rings. The third-order valence-electron chi connectivity index (χ3n) is 4.52. The fraction of sp³-hybridized carbons (Fsp3) is 0.350. The number of halogens is 4. The molecule has 144 valence electrons. The van der Waals surface area contributed by atoms with E-state index in [1.165, 1.54) is 12.1 Å². The van der Waals surface area contributed by atoms with Crippen molar-refractivity contribution in [2.45, 2.75) is 31.7 Å². The Labute approximate surface area is 164 Å². The van der Waals surface area contributed by atoms with Gasteiger partial charge in [-0.3, -0.25) is 4.79 Å². The molecule has 0 spiro atoms. The van der Waals surface area contributed by atoms with Crippen molar-refractivity contribution in [1.82, 2.24) is 4.90 Å². The number of alkyl halides is 3. The number of carbonyl (C=O) groups excluding carboxylic acids is 1. The van der Waals surface area contributed by atoms with Gasteiger partial charge in [-0.25, -0.2) is 0 Å². The number of rotatable bonds is 4. The quantitative estimate of drug-likeness (QED) is 0.644. The number of benzene rings is 2. The molecule has 2 aromatic rings. The van der Waals surface area contributed by atoms with Gasteiger partial charge in [0.1, 0.15) is 0 Å². The lowest BCUT2D eigenvalue weighted by Crippen LogP contribution is -2.43. The fourth-order valence-corrected chi connectivity index (χ4v) is 3.30. The summed E-state index contributed by atoms with van der Waals surface area (Å²) in [7, 11) is 0. The van der Waals surface area contributed by atoms with E-state index in [4.69, 9.17) is 4.74 Å². The number of hydrogen-bond acceptors (Lipinski definition) is 2. The van der Waals surface area contributed by atoms with Crippen LogP contribution in [0, 0.1) is 0 Å². The Balaban J connectivity index is 1.58. The van der Waals surface area contributed by atoms with Crippen molar-refractivity contribution in [2.24, 2.45) is 0 Å². The van der Waals surface area contributed by atoms with Gasteiger partial charge < -0.3 is 9.64 Å². The third-order valence-corrected chi connectivity index (χ3v) is 5.05. The maximum absolute atomic E-state index is 12.7. The predicted molar refractivity (Wildman–Crippen MR) is 99.3 cm³/mol. The number of hydrogen-bond donors (Lipinski definition) is 0. The first-order valence-corrected chi connectivity index (χ1v) is 9.45. The van der Waals surface area contributed by atoms with E-state index in [0.29, 0.717) is 19.7 Å². The van der Waals surface area contributed by atoms with Crippen molar-refractivity contribution in [2.75, 3.05) is 13.1 Å². The second kappa shape index (κ2) is 8.44. The summed E-state index contributed by atoms with van der Waals surface area (Å²) in [6.07, 6.45) is -2.83. The highest BCUT2D eigenvalue weighted by Crippen LogP contribution is 2.29. The Morgan fingerprint density at radius 3 is 2.41 bits per heavy atom. The minimum Gasteiger partial charge on any atom is -0.372 e. The molecule has 1 atom stereocenters. The van der Waals surface area contributed by atoms with Crippen LogP contribution in [0.2, 0.25) is 0 Å². The first-order valence-electron chi connectivity index (χ1n) is 8.65. The monoisotopic (exact) mass is 441 g/mol. The lowest BCUT2D eigenvalue weighted by atomic mass is 10.1. The van der Waals surface area contributed by atoms with Crippen molar-refractivity contribution in [3.05, 3.63) is 69.7 Å². The number of carbonyl (C=O) groups is 1. The zero-order valence-electron chi connectivity index (χ0n) is 14.5. The van der Waals surface area contributed by atoms with E-state index in [-0.39, 0.29) is 17.6 Å². The van der Waals surface area contributed by atoms with Gasteiger partial charge in [-0.15, -0.1) is 0 Å². The summed E-state index contributed by atoms with van der Waals surface area (Å²) >= 11 is 3.39. The van der Waals surface area contributed by atoms with Gasteiger partial charge in [-0.2, -0.15) is 13.2 Å².